The van der Waals surface area contributed by atoms with Crippen LogP contribution >= 0.6 is 0 Å². The first-order valence-corrected chi connectivity index (χ1v) is 8.34. The summed E-state index contributed by atoms with van der Waals surface area (Å²) in [5.41, 5.74) is 0.568. The zero-order chi connectivity index (χ0) is 17.0. The number of esters is 2. The summed E-state index contributed by atoms with van der Waals surface area (Å²) in [7, 11) is -2.11. The molecule has 0 aliphatic heterocycles. The molecular weight excluding hydrogens is 324 g/mol. The van der Waals surface area contributed by atoms with Crippen LogP contribution in [0.25, 0.3) is 0 Å². The van der Waals surface area contributed by atoms with Gasteiger partial charge in [-0.2, -0.15) is 0 Å². The van der Waals surface area contributed by atoms with Crippen molar-refractivity contribution in [2.45, 2.75) is 11.5 Å². The molecule has 1 heterocycles. The number of hydrogen-bond acceptors (Lipinski definition) is 7. The summed E-state index contributed by atoms with van der Waals surface area (Å²) in [4.78, 5) is 23.5. The van der Waals surface area contributed by atoms with Gasteiger partial charge in [-0.25, -0.2) is 18.0 Å². The van der Waals surface area contributed by atoms with Crippen molar-refractivity contribution in [1.29, 1.82) is 0 Å². The van der Waals surface area contributed by atoms with Gasteiger partial charge in [0.2, 0.25) is 5.76 Å². The Morgan fingerprint density at radius 3 is 2.30 bits per heavy atom. The van der Waals surface area contributed by atoms with Gasteiger partial charge in [-0.1, -0.05) is 0 Å². The van der Waals surface area contributed by atoms with E-state index >= 15 is 0 Å². The zero-order valence-corrected chi connectivity index (χ0v) is 13.3. The third kappa shape index (κ3) is 3.98. The lowest BCUT2D eigenvalue weighted by Gasteiger charge is -2.05. The zero-order valence-electron chi connectivity index (χ0n) is 12.4. The van der Waals surface area contributed by atoms with E-state index in [0.29, 0.717) is 5.56 Å². The first kappa shape index (κ1) is 16.8. The van der Waals surface area contributed by atoms with E-state index in [4.69, 9.17) is 9.15 Å². The van der Waals surface area contributed by atoms with Crippen molar-refractivity contribution in [3.05, 3.63) is 53.5 Å². The predicted octanol–water partition coefficient (Wildman–Crippen LogP) is 1.83. The summed E-state index contributed by atoms with van der Waals surface area (Å²) in [6.45, 7) is -0.173. The maximum atomic E-state index is 11.9. The highest BCUT2D eigenvalue weighted by Crippen LogP contribution is 2.15. The van der Waals surface area contributed by atoms with E-state index < -0.39 is 21.8 Å². The number of hydrogen-bond donors (Lipinski definition) is 0. The molecule has 0 fully saturated rings. The van der Waals surface area contributed by atoms with Crippen molar-refractivity contribution in [3.8, 4) is 0 Å². The van der Waals surface area contributed by atoms with Crippen LogP contribution in [-0.2, 0) is 25.9 Å². The van der Waals surface area contributed by atoms with Gasteiger partial charge in [0.1, 0.15) is 6.61 Å². The number of carbonyl (C=O) groups excluding carboxylic acids is 2. The van der Waals surface area contributed by atoms with Crippen molar-refractivity contribution < 1.29 is 31.9 Å². The van der Waals surface area contributed by atoms with Gasteiger partial charge in [0.15, 0.2) is 9.84 Å². The normalized spacial score (nSPS) is 11.0. The van der Waals surface area contributed by atoms with Crippen LogP contribution in [0.1, 0.15) is 26.5 Å². The maximum absolute atomic E-state index is 11.9. The van der Waals surface area contributed by atoms with Crippen LogP contribution in [0.4, 0.5) is 0 Å². The molecule has 0 saturated carbocycles. The molecule has 0 N–H and O–H groups in total. The second kappa shape index (κ2) is 6.66. The first-order chi connectivity index (χ1) is 10.8. The Labute approximate surface area is 132 Å². The minimum atomic E-state index is -3.33. The number of furan rings is 1. The van der Waals surface area contributed by atoms with E-state index in [1.807, 2.05) is 0 Å². The molecule has 0 saturated heterocycles. The summed E-state index contributed by atoms with van der Waals surface area (Å²) < 4.78 is 37.3. The molecule has 2 aromatic rings. The highest BCUT2D eigenvalue weighted by Gasteiger charge is 2.18. The van der Waals surface area contributed by atoms with E-state index in [-0.39, 0.29) is 22.8 Å². The molecule has 2 rings (SSSR count). The molecule has 23 heavy (non-hydrogen) atoms. The molecule has 1 aromatic heterocycles. The lowest BCUT2D eigenvalue weighted by atomic mass is 10.2. The van der Waals surface area contributed by atoms with Crippen LogP contribution in [0.2, 0.25) is 0 Å². The fourth-order valence-electron chi connectivity index (χ4n) is 1.79. The number of benzene rings is 1. The van der Waals surface area contributed by atoms with E-state index in [9.17, 15) is 18.0 Å². The molecule has 0 radical (unpaired) electrons. The summed E-state index contributed by atoms with van der Waals surface area (Å²) >= 11 is 0. The van der Waals surface area contributed by atoms with Crippen molar-refractivity contribution in [2.24, 2.45) is 0 Å². The van der Waals surface area contributed by atoms with Crippen LogP contribution in [0.3, 0.4) is 0 Å². The Bertz CT molecular complexity index is 816. The number of ether oxygens (including phenoxy) is 2. The lowest BCUT2D eigenvalue weighted by molar-refractivity contribution is 0.0453. The topological polar surface area (TPSA) is 99.9 Å². The van der Waals surface area contributed by atoms with Gasteiger partial charge in [-0.05, 0) is 30.3 Å². The van der Waals surface area contributed by atoms with Crippen LogP contribution in [0.5, 0.6) is 0 Å². The molecule has 0 bridgehead atoms. The molecule has 0 aliphatic carbocycles. The molecule has 122 valence electrons. The predicted molar refractivity (Wildman–Crippen MR) is 78.7 cm³/mol. The van der Waals surface area contributed by atoms with E-state index in [2.05, 4.69) is 4.74 Å². The van der Waals surface area contributed by atoms with Crippen molar-refractivity contribution in [1.82, 2.24) is 0 Å². The van der Waals surface area contributed by atoms with Crippen molar-refractivity contribution in [3.63, 3.8) is 0 Å². The van der Waals surface area contributed by atoms with E-state index in [1.54, 1.807) is 0 Å². The quantitative estimate of drug-likeness (QED) is 0.767. The van der Waals surface area contributed by atoms with Crippen LogP contribution in [0, 0.1) is 0 Å². The average molecular weight is 338 g/mol. The molecular formula is C15H14O7S. The van der Waals surface area contributed by atoms with Gasteiger partial charge >= 0.3 is 11.9 Å². The largest absolute Gasteiger partial charge is 0.463 e. The van der Waals surface area contributed by atoms with E-state index in [1.165, 1.54) is 43.7 Å². The molecule has 8 heteroatoms. The molecule has 0 atom stereocenters. The highest BCUT2D eigenvalue weighted by atomic mass is 32.2. The standard InChI is InChI=1S/C15H14O7S/c1-20-15(17)13-11(7-8-21-13)9-22-14(16)10-3-5-12(6-4-10)23(2,18)19/h3-8H,9H2,1-2H3. The average Bonchev–Trinajstić information content (AvgIpc) is 2.99. The Morgan fingerprint density at radius 2 is 1.74 bits per heavy atom. The summed E-state index contributed by atoms with van der Waals surface area (Å²) in [5, 5.41) is 0. The molecule has 0 amide bonds. The van der Waals surface area contributed by atoms with Gasteiger partial charge in [-0.3, -0.25) is 0 Å². The Morgan fingerprint density at radius 1 is 1.09 bits per heavy atom. The second-order valence-corrected chi connectivity index (χ2v) is 6.65. The summed E-state index contributed by atoms with van der Waals surface area (Å²) in [6.07, 6.45) is 2.36. The molecule has 1 aromatic carbocycles. The van der Waals surface area contributed by atoms with Crippen molar-refractivity contribution in [2.75, 3.05) is 13.4 Å². The number of methoxy groups -OCH3 is 1. The fraction of sp³-hybridized carbons (Fsp3) is 0.200. The summed E-state index contributed by atoms with van der Waals surface area (Å²) in [5.74, 6) is -1.35. The Hall–Kier alpha value is -2.61. The third-order valence-corrected chi connectivity index (χ3v) is 4.12. The molecule has 7 nitrogen and oxygen atoms in total. The van der Waals surface area contributed by atoms with Gasteiger partial charge in [0.25, 0.3) is 0 Å². The van der Waals surface area contributed by atoms with E-state index in [0.717, 1.165) is 6.26 Å². The number of carbonyl (C=O) groups is 2. The summed E-state index contributed by atoms with van der Waals surface area (Å²) in [6, 6.07) is 6.85. The smallest absolute Gasteiger partial charge is 0.374 e. The Kier molecular flexibility index (Phi) is 4.85. The monoisotopic (exact) mass is 338 g/mol. The van der Waals surface area contributed by atoms with Crippen LogP contribution in [0.15, 0.2) is 45.9 Å². The highest BCUT2D eigenvalue weighted by molar-refractivity contribution is 7.90. The van der Waals surface area contributed by atoms with Gasteiger partial charge < -0.3 is 13.9 Å². The molecule has 0 spiro atoms. The van der Waals surface area contributed by atoms with Crippen LogP contribution in [-0.4, -0.2) is 33.7 Å². The van der Waals surface area contributed by atoms with Gasteiger partial charge in [0, 0.05) is 11.8 Å². The Balaban J connectivity index is 2.06. The number of rotatable bonds is 5. The minimum Gasteiger partial charge on any atom is -0.463 e. The SMILES string of the molecule is COC(=O)c1occc1COC(=O)c1ccc(S(C)(=O)=O)cc1. The van der Waals surface area contributed by atoms with Gasteiger partial charge in [-0.15, -0.1) is 0 Å². The molecule has 0 aliphatic rings. The fourth-order valence-corrected chi connectivity index (χ4v) is 2.42. The van der Waals surface area contributed by atoms with Crippen molar-refractivity contribution >= 4 is 21.8 Å². The second-order valence-electron chi connectivity index (χ2n) is 4.64. The first-order valence-electron chi connectivity index (χ1n) is 6.45. The maximum Gasteiger partial charge on any atom is 0.374 e. The van der Waals surface area contributed by atoms with Gasteiger partial charge in [0.05, 0.1) is 23.8 Å². The minimum absolute atomic E-state index is 0.0345. The third-order valence-electron chi connectivity index (χ3n) is 2.99. The molecule has 0 unspecified atom stereocenters. The lowest BCUT2D eigenvalue weighted by Crippen LogP contribution is -2.08. The van der Waals surface area contributed by atoms with Crippen LogP contribution < -0.4 is 0 Å². The number of sulfone groups is 1.